The van der Waals surface area contributed by atoms with Crippen molar-refractivity contribution < 1.29 is 9.18 Å². The number of carbonyl (C=O) groups excluding carboxylic acids is 1. The maximum Gasteiger partial charge on any atom is 0.274 e. The summed E-state index contributed by atoms with van der Waals surface area (Å²) in [6.45, 7) is 2.38. The molecule has 2 aromatic carbocycles. The van der Waals surface area contributed by atoms with Crippen LogP contribution in [-0.2, 0) is 6.54 Å². The SMILES string of the molecule is Cc1ccc(CNC(=O)c2nnn(-c3ccc(F)cc3)c2-c2ccncc2)cc1. The first-order valence-corrected chi connectivity index (χ1v) is 9.07. The van der Waals surface area contributed by atoms with Gasteiger partial charge in [0.05, 0.1) is 5.69 Å². The van der Waals surface area contributed by atoms with Crippen molar-refractivity contribution in [3.63, 3.8) is 0 Å². The average molecular weight is 387 g/mol. The van der Waals surface area contributed by atoms with Gasteiger partial charge in [-0.25, -0.2) is 9.07 Å². The molecule has 0 atom stereocenters. The standard InChI is InChI=1S/C22H18FN5O/c1-15-2-4-16(5-3-15)14-25-22(29)20-21(17-10-12-24-13-11-17)28(27-26-20)19-8-6-18(23)7-9-19/h2-13H,14H2,1H3,(H,25,29). The summed E-state index contributed by atoms with van der Waals surface area (Å²) in [4.78, 5) is 16.9. The highest BCUT2D eigenvalue weighted by Crippen LogP contribution is 2.25. The number of benzene rings is 2. The van der Waals surface area contributed by atoms with E-state index in [0.29, 0.717) is 17.9 Å². The number of carbonyl (C=O) groups is 1. The van der Waals surface area contributed by atoms with E-state index in [-0.39, 0.29) is 17.4 Å². The Labute approximate surface area is 167 Å². The second-order valence-corrected chi connectivity index (χ2v) is 6.58. The van der Waals surface area contributed by atoms with Crippen LogP contribution in [0.5, 0.6) is 0 Å². The Hall–Kier alpha value is -3.87. The van der Waals surface area contributed by atoms with Gasteiger partial charge in [-0.05, 0) is 48.9 Å². The van der Waals surface area contributed by atoms with Gasteiger partial charge in [-0.1, -0.05) is 35.0 Å². The minimum Gasteiger partial charge on any atom is -0.346 e. The van der Waals surface area contributed by atoms with E-state index in [4.69, 9.17) is 0 Å². The first-order chi connectivity index (χ1) is 14.1. The van der Waals surface area contributed by atoms with Crippen molar-refractivity contribution in [2.75, 3.05) is 0 Å². The number of nitrogens with zero attached hydrogens (tertiary/aromatic N) is 4. The van der Waals surface area contributed by atoms with E-state index in [2.05, 4.69) is 20.6 Å². The molecule has 0 unspecified atom stereocenters. The molecule has 4 aromatic rings. The van der Waals surface area contributed by atoms with Gasteiger partial charge in [-0.2, -0.15) is 0 Å². The lowest BCUT2D eigenvalue weighted by Crippen LogP contribution is -2.24. The highest BCUT2D eigenvalue weighted by molar-refractivity contribution is 5.98. The molecule has 0 saturated carbocycles. The molecule has 0 bridgehead atoms. The van der Waals surface area contributed by atoms with Crippen molar-refractivity contribution in [3.8, 4) is 16.9 Å². The van der Waals surface area contributed by atoms with Crippen molar-refractivity contribution in [1.82, 2.24) is 25.3 Å². The first-order valence-electron chi connectivity index (χ1n) is 9.07. The monoisotopic (exact) mass is 387 g/mol. The summed E-state index contributed by atoms with van der Waals surface area (Å²) in [5.74, 6) is -0.693. The van der Waals surface area contributed by atoms with Crippen molar-refractivity contribution >= 4 is 5.91 Å². The summed E-state index contributed by atoms with van der Waals surface area (Å²) in [5, 5.41) is 11.1. The van der Waals surface area contributed by atoms with Crippen molar-refractivity contribution in [2.24, 2.45) is 0 Å². The smallest absolute Gasteiger partial charge is 0.274 e. The van der Waals surface area contributed by atoms with Gasteiger partial charge in [-0.15, -0.1) is 5.10 Å². The molecule has 1 amide bonds. The van der Waals surface area contributed by atoms with E-state index in [9.17, 15) is 9.18 Å². The number of hydrogen-bond acceptors (Lipinski definition) is 4. The number of rotatable bonds is 5. The minimum absolute atomic E-state index is 0.188. The summed E-state index contributed by atoms with van der Waals surface area (Å²) in [7, 11) is 0. The third-order valence-corrected chi connectivity index (χ3v) is 4.48. The highest BCUT2D eigenvalue weighted by atomic mass is 19.1. The Bertz CT molecular complexity index is 1120. The van der Waals surface area contributed by atoms with Crippen LogP contribution in [0.3, 0.4) is 0 Å². The average Bonchev–Trinajstić information content (AvgIpc) is 3.19. The fourth-order valence-corrected chi connectivity index (χ4v) is 2.94. The molecule has 0 aliphatic carbocycles. The third kappa shape index (κ3) is 4.03. The summed E-state index contributed by atoms with van der Waals surface area (Å²) in [6.07, 6.45) is 3.26. The van der Waals surface area contributed by atoms with Crippen LogP contribution in [0.25, 0.3) is 16.9 Å². The lowest BCUT2D eigenvalue weighted by atomic mass is 10.1. The second kappa shape index (κ2) is 8.02. The zero-order valence-corrected chi connectivity index (χ0v) is 15.7. The fraction of sp³-hybridized carbons (Fsp3) is 0.0909. The molecule has 0 saturated heterocycles. The lowest BCUT2D eigenvalue weighted by molar-refractivity contribution is 0.0946. The molecule has 4 rings (SSSR count). The van der Waals surface area contributed by atoms with E-state index in [1.807, 2.05) is 31.2 Å². The van der Waals surface area contributed by atoms with E-state index in [1.165, 1.54) is 16.8 Å². The number of aryl methyl sites for hydroxylation is 1. The lowest BCUT2D eigenvalue weighted by Gasteiger charge is -2.09. The normalized spacial score (nSPS) is 10.7. The molecule has 6 nitrogen and oxygen atoms in total. The molecule has 0 spiro atoms. The molecule has 144 valence electrons. The van der Waals surface area contributed by atoms with Crippen LogP contribution in [0.1, 0.15) is 21.6 Å². The van der Waals surface area contributed by atoms with Gasteiger partial charge in [0.2, 0.25) is 0 Å². The molecule has 2 aromatic heterocycles. The minimum atomic E-state index is -0.351. The molecule has 0 radical (unpaired) electrons. The van der Waals surface area contributed by atoms with E-state index >= 15 is 0 Å². The van der Waals surface area contributed by atoms with Crippen molar-refractivity contribution in [1.29, 1.82) is 0 Å². The zero-order valence-electron chi connectivity index (χ0n) is 15.7. The number of amides is 1. The quantitative estimate of drug-likeness (QED) is 0.567. The summed E-state index contributed by atoms with van der Waals surface area (Å²) < 4.78 is 14.9. The van der Waals surface area contributed by atoms with Gasteiger partial charge in [0, 0.05) is 24.5 Å². The van der Waals surface area contributed by atoms with Gasteiger partial charge < -0.3 is 5.32 Å². The molecule has 1 N–H and O–H groups in total. The van der Waals surface area contributed by atoms with Crippen LogP contribution in [-0.4, -0.2) is 25.9 Å². The van der Waals surface area contributed by atoms with Gasteiger partial charge in [0.1, 0.15) is 11.5 Å². The zero-order chi connectivity index (χ0) is 20.2. The van der Waals surface area contributed by atoms with Crippen LogP contribution in [0.4, 0.5) is 4.39 Å². The maximum atomic E-state index is 13.3. The van der Waals surface area contributed by atoms with Crippen LogP contribution in [0, 0.1) is 12.7 Å². The van der Waals surface area contributed by atoms with Crippen molar-refractivity contribution in [2.45, 2.75) is 13.5 Å². The van der Waals surface area contributed by atoms with Crippen LogP contribution in [0.2, 0.25) is 0 Å². The molecule has 0 aliphatic rings. The summed E-state index contributed by atoms with van der Waals surface area (Å²) in [5.41, 5.74) is 4.17. The predicted molar refractivity (Wildman–Crippen MR) is 107 cm³/mol. The number of aromatic nitrogens is 4. The number of nitrogens with one attached hydrogen (secondary N) is 1. The topological polar surface area (TPSA) is 72.7 Å². The molecular formula is C22H18FN5O. The molecule has 0 aliphatic heterocycles. The Morgan fingerprint density at radius 3 is 2.38 bits per heavy atom. The number of pyridine rings is 1. The van der Waals surface area contributed by atoms with Crippen LogP contribution in [0.15, 0.2) is 73.1 Å². The first kappa shape index (κ1) is 18.5. The van der Waals surface area contributed by atoms with Gasteiger partial charge >= 0.3 is 0 Å². The molecule has 2 heterocycles. The van der Waals surface area contributed by atoms with Gasteiger partial charge in [-0.3, -0.25) is 9.78 Å². The van der Waals surface area contributed by atoms with Crippen molar-refractivity contribution in [3.05, 3.63) is 95.7 Å². The Balaban J connectivity index is 1.68. The van der Waals surface area contributed by atoms with Gasteiger partial charge in [0.15, 0.2) is 5.69 Å². The third-order valence-electron chi connectivity index (χ3n) is 4.48. The maximum absolute atomic E-state index is 13.3. The summed E-state index contributed by atoms with van der Waals surface area (Å²) >= 11 is 0. The largest absolute Gasteiger partial charge is 0.346 e. The van der Waals surface area contributed by atoms with Crippen LogP contribution >= 0.6 is 0 Å². The Morgan fingerprint density at radius 1 is 1.00 bits per heavy atom. The van der Waals surface area contributed by atoms with E-state index in [1.54, 1.807) is 36.7 Å². The predicted octanol–water partition coefficient (Wildman–Crippen LogP) is 3.71. The number of halogens is 1. The number of hydrogen-bond donors (Lipinski definition) is 1. The highest BCUT2D eigenvalue weighted by Gasteiger charge is 2.22. The van der Waals surface area contributed by atoms with Crippen LogP contribution < -0.4 is 5.32 Å². The molecular weight excluding hydrogens is 369 g/mol. The summed E-state index contributed by atoms with van der Waals surface area (Å²) in [6, 6.07) is 17.3. The fourth-order valence-electron chi connectivity index (χ4n) is 2.94. The van der Waals surface area contributed by atoms with Gasteiger partial charge in [0.25, 0.3) is 5.91 Å². The second-order valence-electron chi connectivity index (χ2n) is 6.58. The molecule has 0 fully saturated rings. The Kier molecular flexibility index (Phi) is 5.11. The van der Waals surface area contributed by atoms with E-state index < -0.39 is 0 Å². The molecule has 7 heteroatoms. The Morgan fingerprint density at radius 2 is 1.69 bits per heavy atom. The van der Waals surface area contributed by atoms with E-state index in [0.717, 1.165) is 16.7 Å². The molecule has 29 heavy (non-hydrogen) atoms.